The standard InChI is InChI=1S/C11H11BrO2/c1-14-11-8-9(4-2-3-7-13)5-6-10(11)12/h5-6,8,13H,3,7H2,1H3. The maximum absolute atomic E-state index is 8.55. The summed E-state index contributed by atoms with van der Waals surface area (Å²) in [5.74, 6) is 6.55. The van der Waals surface area contributed by atoms with Gasteiger partial charge in [-0.1, -0.05) is 11.8 Å². The molecule has 14 heavy (non-hydrogen) atoms. The SMILES string of the molecule is COc1cc(C#CCCO)ccc1Br. The van der Waals surface area contributed by atoms with E-state index in [1.165, 1.54) is 0 Å². The molecule has 0 radical (unpaired) electrons. The van der Waals surface area contributed by atoms with Gasteiger partial charge >= 0.3 is 0 Å². The Labute approximate surface area is 92.0 Å². The predicted octanol–water partition coefficient (Wildman–Crippen LogP) is 2.19. The highest BCUT2D eigenvalue weighted by atomic mass is 79.9. The molecule has 0 aliphatic rings. The largest absolute Gasteiger partial charge is 0.496 e. The van der Waals surface area contributed by atoms with Crippen LogP contribution in [0, 0.1) is 11.8 Å². The molecule has 0 aromatic heterocycles. The first kappa shape index (κ1) is 11.1. The van der Waals surface area contributed by atoms with Crippen LogP contribution in [-0.4, -0.2) is 18.8 Å². The van der Waals surface area contributed by atoms with Gasteiger partial charge in [0.15, 0.2) is 0 Å². The van der Waals surface area contributed by atoms with Gasteiger partial charge in [-0.25, -0.2) is 0 Å². The molecule has 0 atom stereocenters. The second-order valence-corrected chi connectivity index (χ2v) is 3.48. The molecule has 0 spiro atoms. The van der Waals surface area contributed by atoms with Crippen LogP contribution in [0.5, 0.6) is 5.75 Å². The van der Waals surface area contributed by atoms with Gasteiger partial charge in [-0.2, -0.15) is 0 Å². The van der Waals surface area contributed by atoms with Crippen molar-refractivity contribution in [1.29, 1.82) is 0 Å². The van der Waals surface area contributed by atoms with E-state index in [2.05, 4.69) is 27.8 Å². The van der Waals surface area contributed by atoms with Gasteiger partial charge in [0, 0.05) is 12.0 Å². The highest BCUT2D eigenvalue weighted by Gasteiger charge is 1.98. The molecule has 0 aliphatic heterocycles. The van der Waals surface area contributed by atoms with Gasteiger partial charge in [-0.3, -0.25) is 0 Å². The van der Waals surface area contributed by atoms with E-state index in [1.807, 2.05) is 18.2 Å². The fourth-order valence-corrected chi connectivity index (χ4v) is 1.37. The summed E-state index contributed by atoms with van der Waals surface area (Å²) < 4.78 is 6.04. The van der Waals surface area contributed by atoms with Crippen molar-refractivity contribution in [2.45, 2.75) is 6.42 Å². The van der Waals surface area contributed by atoms with Gasteiger partial charge in [-0.05, 0) is 34.1 Å². The Morgan fingerprint density at radius 1 is 1.50 bits per heavy atom. The fraction of sp³-hybridized carbons (Fsp3) is 0.273. The number of benzene rings is 1. The Bertz CT molecular complexity index is 363. The number of aliphatic hydroxyl groups is 1. The molecule has 0 aliphatic carbocycles. The van der Waals surface area contributed by atoms with Crippen LogP contribution in [-0.2, 0) is 0 Å². The molecule has 0 heterocycles. The van der Waals surface area contributed by atoms with Crippen LogP contribution in [0.3, 0.4) is 0 Å². The third-order valence-electron chi connectivity index (χ3n) is 1.62. The smallest absolute Gasteiger partial charge is 0.134 e. The first-order valence-corrected chi connectivity index (χ1v) is 5.00. The van der Waals surface area contributed by atoms with E-state index in [-0.39, 0.29) is 6.61 Å². The molecule has 1 N–H and O–H groups in total. The van der Waals surface area contributed by atoms with E-state index in [1.54, 1.807) is 7.11 Å². The molecule has 0 bridgehead atoms. The highest BCUT2D eigenvalue weighted by molar-refractivity contribution is 9.10. The summed E-state index contributed by atoms with van der Waals surface area (Å²) in [6.45, 7) is 0.0979. The number of ether oxygens (including phenoxy) is 1. The predicted molar refractivity (Wildman–Crippen MR) is 59.3 cm³/mol. The van der Waals surface area contributed by atoms with Crippen molar-refractivity contribution in [1.82, 2.24) is 0 Å². The normalized spacial score (nSPS) is 9.07. The first-order valence-electron chi connectivity index (χ1n) is 4.21. The highest BCUT2D eigenvalue weighted by Crippen LogP contribution is 2.25. The van der Waals surface area contributed by atoms with Gasteiger partial charge in [0.1, 0.15) is 5.75 Å². The number of hydrogen-bond acceptors (Lipinski definition) is 2. The zero-order valence-electron chi connectivity index (χ0n) is 7.88. The van der Waals surface area contributed by atoms with E-state index in [4.69, 9.17) is 9.84 Å². The lowest BCUT2D eigenvalue weighted by Gasteiger charge is -2.02. The maximum atomic E-state index is 8.55. The molecule has 0 fully saturated rings. The Balaban J connectivity index is 2.86. The van der Waals surface area contributed by atoms with Gasteiger partial charge in [0.25, 0.3) is 0 Å². The fourth-order valence-electron chi connectivity index (χ4n) is 0.958. The Kier molecular flexibility index (Phi) is 4.51. The minimum Gasteiger partial charge on any atom is -0.496 e. The lowest BCUT2D eigenvalue weighted by molar-refractivity contribution is 0.305. The lowest BCUT2D eigenvalue weighted by Crippen LogP contribution is -1.85. The second-order valence-electron chi connectivity index (χ2n) is 2.62. The van der Waals surface area contributed by atoms with Crippen LogP contribution in [0.2, 0.25) is 0 Å². The molecule has 0 saturated heterocycles. The molecule has 0 saturated carbocycles. The zero-order chi connectivity index (χ0) is 10.4. The maximum Gasteiger partial charge on any atom is 0.134 e. The van der Waals surface area contributed by atoms with Crippen molar-refractivity contribution in [3.05, 3.63) is 28.2 Å². The van der Waals surface area contributed by atoms with Gasteiger partial charge in [0.05, 0.1) is 18.2 Å². The summed E-state index contributed by atoms with van der Waals surface area (Å²) >= 11 is 3.36. The van der Waals surface area contributed by atoms with Crippen LogP contribution in [0.15, 0.2) is 22.7 Å². The molecule has 0 amide bonds. The molecule has 1 rings (SSSR count). The van der Waals surface area contributed by atoms with Gasteiger partial charge in [-0.15, -0.1) is 0 Å². The summed E-state index contributed by atoms with van der Waals surface area (Å²) in [7, 11) is 1.62. The van der Waals surface area contributed by atoms with Crippen molar-refractivity contribution in [2.75, 3.05) is 13.7 Å². The van der Waals surface area contributed by atoms with E-state index < -0.39 is 0 Å². The Morgan fingerprint density at radius 3 is 2.93 bits per heavy atom. The van der Waals surface area contributed by atoms with Crippen LogP contribution >= 0.6 is 15.9 Å². The molecule has 74 valence electrons. The summed E-state index contributed by atoms with van der Waals surface area (Å²) in [6.07, 6.45) is 0.498. The summed E-state index contributed by atoms with van der Waals surface area (Å²) in [5, 5.41) is 8.55. The zero-order valence-corrected chi connectivity index (χ0v) is 9.47. The lowest BCUT2D eigenvalue weighted by atomic mass is 10.2. The minimum atomic E-state index is 0.0979. The average Bonchev–Trinajstić information content (AvgIpc) is 2.21. The minimum absolute atomic E-state index is 0.0979. The molecule has 2 nitrogen and oxygen atoms in total. The quantitative estimate of drug-likeness (QED) is 0.821. The van der Waals surface area contributed by atoms with E-state index in [0.29, 0.717) is 6.42 Å². The number of aliphatic hydroxyl groups excluding tert-OH is 1. The van der Waals surface area contributed by atoms with Crippen LogP contribution in [0.4, 0.5) is 0 Å². The monoisotopic (exact) mass is 254 g/mol. The molecule has 3 heteroatoms. The van der Waals surface area contributed by atoms with Crippen molar-refractivity contribution in [2.24, 2.45) is 0 Å². The summed E-state index contributed by atoms with van der Waals surface area (Å²) in [4.78, 5) is 0. The van der Waals surface area contributed by atoms with E-state index >= 15 is 0 Å². The van der Waals surface area contributed by atoms with Crippen LogP contribution < -0.4 is 4.74 Å². The average molecular weight is 255 g/mol. The molecular formula is C11H11BrO2. The molecular weight excluding hydrogens is 244 g/mol. The van der Waals surface area contributed by atoms with Crippen LogP contribution in [0.1, 0.15) is 12.0 Å². The summed E-state index contributed by atoms with van der Waals surface area (Å²) in [6, 6.07) is 5.65. The molecule has 1 aromatic carbocycles. The van der Waals surface area contributed by atoms with Crippen molar-refractivity contribution < 1.29 is 9.84 Å². The summed E-state index contributed by atoms with van der Waals surface area (Å²) in [5.41, 5.74) is 0.888. The first-order chi connectivity index (χ1) is 6.77. The molecule has 1 aromatic rings. The molecule has 0 unspecified atom stereocenters. The third-order valence-corrected chi connectivity index (χ3v) is 2.28. The topological polar surface area (TPSA) is 29.5 Å². The Morgan fingerprint density at radius 2 is 2.29 bits per heavy atom. The Hall–Kier alpha value is -0.980. The number of hydrogen-bond donors (Lipinski definition) is 1. The number of halogens is 1. The van der Waals surface area contributed by atoms with Gasteiger partial charge in [0.2, 0.25) is 0 Å². The second kappa shape index (κ2) is 5.69. The van der Waals surface area contributed by atoms with Crippen molar-refractivity contribution in [3.63, 3.8) is 0 Å². The van der Waals surface area contributed by atoms with Crippen molar-refractivity contribution >= 4 is 15.9 Å². The van der Waals surface area contributed by atoms with Gasteiger partial charge < -0.3 is 9.84 Å². The van der Waals surface area contributed by atoms with E-state index in [9.17, 15) is 0 Å². The van der Waals surface area contributed by atoms with E-state index in [0.717, 1.165) is 15.8 Å². The number of methoxy groups -OCH3 is 1. The van der Waals surface area contributed by atoms with Crippen LogP contribution in [0.25, 0.3) is 0 Å². The third kappa shape index (κ3) is 3.06. The van der Waals surface area contributed by atoms with Crippen molar-refractivity contribution in [3.8, 4) is 17.6 Å². The number of rotatable bonds is 2.